The summed E-state index contributed by atoms with van der Waals surface area (Å²) in [5, 5.41) is 11.2. The summed E-state index contributed by atoms with van der Waals surface area (Å²) in [5.74, 6) is 1.57. The number of rotatable bonds is 7. The van der Waals surface area contributed by atoms with Gasteiger partial charge in [0.15, 0.2) is 0 Å². The second kappa shape index (κ2) is 12.0. The lowest BCUT2D eigenvalue weighted by molar-refractivity contribution is -0.120. The van der Waals surface area contributed by atoms with Crippen molar-refractivity contribution in [2.75, 3.05) is 31.2 Å². The standard InChI is InChI=1S/C7H16N2O2S.ClH/c8-2-1-7(11)9-3-5-12-6-4-10;/h10H,1-6,8H2,(H,9,11);1H. The molecule has 0 spiro atoms. The number of nitrogens with two attached hydrogens (primary N) is 1. The molecule has 0 aromatic carbocycles. The minimum Gasteiger partial charge on any atom is -0.396 e. The fourth-order valence-electron chi connectivity index (χ4n) is 0.649. The summed E-state index contributed by atoms with van der Waals surface area (Å²) in [4.78, 5) is 10.8. The SMILES string of the molecule is Cl.NCCC(=O)NCCSCCO. The molecular weight excluding hydrogens is 212 g/mol. The Kier molecular flexibility index (Phi) is 14.3. The summed E-state index contributed by atoms with van der Waals surface area (Å²) < 4.78 is 0. The number of amides is 1. The Balaban J connectivity index is 0. The first kappa shape index (κ1) is 15.5. The molecule has 0 aliphatic rings. The third kappa shape index (κ3) is 12.0. The van der Waals surface area contributed by atoms with Crippen molar-refractivity contribution in [3.8, 4) is 0 Å². The van der Waals surface area contributed by atoms with Gasteiger partial charge in [0, 0.05) is 31.0 Å². The fraction of sp³-hybridized carbons (Fsp3) is 0.857. The van der Waals surface area contributed by atoms with Gasteiger partial charge in [-0.15, -0.1) is 12.4 Å². The Bertz CT molecular complexity index is 127. The van der Waals surface area contributed by atoms with E-state index in [1.807, 2.05) is 0 Å². The normalized spacial score (nSPS) is 9.08. The van der Waals surface area contributed by atoms with Gasteiger partial charge >= 0.3 is 0 Å². The van der Waals surface area contributed by atoms with Crippen LogP contribution in [0.5, 0.6) is 0 Å². The smallest absolute Gasteiger partial charge is 0.221 e. The first-order valence-corrected chi connectivity index (χ1v) is 5.12. The largest absolute Gasteiger partial charge is 0.396 e. The average molecular weight is 229 g/mol. The van der Waals surface area contributed by atoms with Crippen LogP contribution < -0.4 is 11.1 Å². The predicted octanol–water partition coefficient (Wildman–Crippen LogP) is -0.401. The van der Waals surface area contributed by atoms with Crippen molar-refractivity contribution in [3.05, 3.63) is 0 Å². The molecule has 4 nitrogen and oxygen atoms in total. The van der Waals surface area contributed by atoms with Crippen LogP contribution in [0.1, 0.15) is 6.42 Å². The minimum atomic E-state index is 0. The lowest BCUT2D eigenvalue weighted by Crippen LogP contribution is -2.27. The number of hydrogen-bond donors (Lipinski definition) is 3. The molecule has 0 aliphatic carbocycles. The van der Waals surface area contributed by atoms with E-state index >= 15 is 0 Å². The molecule has 0 saturated heterocycles. The number of thioether (sulfide) groups is 1. The van der Waals surface area contributed by atoms with Crippen LogP contribution in [0.15, 0.2) is 0 Å². The van der Waals surface area contributed by atoms with Gasteiger partial charge in [-0.05, 0) is 0 Å². The zero-order valence-corrected chi connectivity index (χ0v) is 9.12. The van der Waals surface area contributed by atoms with Crippen molar-refractivity contribution in [2.45, 2.75) is 6.42 Å². The Morgan fingerprint density at radius 2 is 2.15 bits per heavy atom. The summed E-state index contributed by atoms with van der Waals surface area (Å²) >= 11 is 1.62. The van der Waals surface area contributed by atoms with Gasteiger partial charge in [0.25, 0.3) is 0 Å². The number of halogens is 1. The maximum atomic E-state index is 10.8. The molecular formula is C7H17ClN2O2S. The van der Waals surface area contributed by atoms with E-state index in [1.54, 1.807) is 11.8 Å². The van der Waals surface area contributed by atoms with Crippen molar-refractivity contribution < 1.29 is 9.90 Å². The minimum absolute atomic E-state index is 0. The van der Waals surface area contributed by atoms with Crippen LogP contribution in [-0.4, -0.2) is 42.2 Å². The van der Waals surface area contributed by atoms with Crippen LogP contribution in [0, 0.1) is 0 Å². The molecule has 0 heterocycles. The molecule has 1 amide bonds. The number of aliphatic hydroxyl groups excluding tert-OH is 1. The summed E-state index contributed by atoms with van der Waals surface area (Å²) in [7, 11) is 0. The van der Waals surface area contributed by atoms with Crippen LogP contribution >= 0.6 is 24.2 Å². The number of nitrogens with one attached hydrogen (secondary N) is 1. The number of hydrogen-bond acceptors (Lipinski definition) is 4. The summed E-state index contributed by atoms with van der Waals surface area (Å²) in [6.45, 7) is 1.25. The number of carbonyl (C=O) groups is 1. The van der Waals surface area contributed by atoms with Gasteiger partial charge in [0.1, 0.15) is 0 Å². The third-order valence-corrected chi connectivity index (χ3v) is 2.14. The first-order chi connectivity index (χ1) is 5.81. The highest BCUT2D eigenvalue weighted by Crippen LogP contribution is 1.95. The van der Waals surface area contributed by atoms with Gasteiger partial charge in [-0.2, -0.15) is 11.8 Å². The molecule has 0 aliphatic heterocycles. The second-order valence-corrected chi connectivity index (χ2v) is 3.45. The number of carbonyl (C=O) groups excluding carboxylic acids is 1. The molecule has 0 bridgehead atoms. The average Bonchev–Trinajstić information content (AvgIpc) is 2.05. The van der Waals surface area contributed by atoms with Gasteiger partial charge in [-0.1, -0.05) is 0 Å². The first-order valence-electron chi connectivity index (χ1n) is 3.96. The summed E-state index contributed by atoms with van der Waals surface area (Å²) in [6, 6.07) is 0. The summed E-state index contributed by atoms with van der Waals surface area (Å²) in [6.07, 6.45) is 0.394. The van der Waals surface area contributed by atoms with E-state index in [-0.39, 0.29) is 24.9 Å². The lowest BCUT2D eigenvalue weighted by Gasteiger charge is -2.02. The monoisotopic (exact) mass is 228 g/mol. The molecule has 0 saturated carbocycles. The van der Waals surface area contributed by atoms with Crippen molar-refractivity contribution >= 4 is 30.1 Å². The Morgan fingerprint density at radius 1 is 1.46 bits per heavy atom. The molecule has 0 fully saturated rings. The predicted molar refractivity (Wildman–Crippen MR) is 58.3 cm³/mol. The van der Waals surface area contributed by atoms with Gasteiger partial charge in [0.2, 0.25) is 5.91 Å². The van der Waals surface area contributed by atoms with Crippen molar-refractivity contribution in [2.24, 2.45) is 5.73 Å². The van der Waals surface area contributed by atoms with Crippen molar-refractivity contribution in [1.82, 2.24) is 5.32 Å². The molecule has 0 atom stereocenters. The zero-order valence-electron chi connectivity index (χ0n) is 7.49. The third-order valence-electron chi connectivity index (χ3n) is 1.18. The molecule has 13 heavy (non-hydrogen) atoms. The molecule has 6 heteroatoms. The number of aliphatic hydroxyl groups is 1. The van der Waals surface area contributed by atoms with Crippen LogP contribution in [0.4, 0.5) is 0 Å². The van der Waals surface area contributed by atoms with Gasteiger partial charge < -0.3 is 16.2 Å². The molecule has 4 N–H and O–H groups in total. The Hall–Kier alpha value is 0.0300. The molecule has 0 aromatic heterocycles. The van der Waals surface area contributed by atoms with Crippen LogP contribution in [-0.2, 0) is 4.79 Å². The van der Waals surface area contributed by atoms with E-state index < -0.39 is 0 Å². The zero-order chi connectivity index (χ0) is 9.23. The van der Waals surface area contributed by atoms with Gasteiger partial charge in [0.05, 0.1) is 6.61 Å². The quantitative estimate of drug-likeness (QED) is 0.519. The topological polar surface area (TPSA) is 75.4 Å². The van der Waals surface area contributed by atoms with E-state index in [9.17, 15) is 4.79 Å². The van der Waals surface area contributed by atoms with E-state index in [1.165, 1.54) is 0 Å². The molecule has 0 radical (unpaired) electrons. The van der Waals surface area contributed by atoms with Crippen LogP contribution in [0.3, 0.4) is 0 Å². The molecule has 0 aromatic rings. The fourth-order valence-corrected chi connectivity index (χ4v) is 1.23. The highest BCUT2D eigenvalue weighted by Gasteiger charge is 1.96. The highest BCUT2D eigenvalue weighted by atomic mass is 35.5. The Morgan fingerprint density at radius 3 is 2.69 bits per heavy atom. The molecule has 0 rings (SSSR count). The van der Waals surface area contributed by atoms with Crippen molar-refractivity contribution in [1.29, 1.82) is 0 Å². The van der Waals surface area contributed by atoms with E-state index in [0.717, 1.165) is 11.5 Å². The summed E-state index contributed by atoms with van der Waals surface area (Å²) in [5.41, 5.74) is 5.18. The van der Waals surface area contributed by atoms with E-state index in [2.05, 4.69) is 5.32 Å². The van der Waals surface area contributed by atoms with Crippen molar-refractivity contribution in [3.63, 3.8) is 0 Å². The maximum absolute atomic E-state index is 10.8. The van der Waals surface area contributed by atoms with Gasteiger partial charge in [-0.3, -0.25) is 4.79 Å². The maximum Gasteiger partial charge on any atom is 0.221 e. The molecule has 0 unspecified atom stereocenters. The van der Waals surface area contributed by atoms with Crippen LogP contribution in [0.2, 0.25) is 0 Å². The lowest BCUT2D eigenvalue weighted by atomic mass is 10.4. The van der Waals surface area contributed by atoms with Crippen LogP contribution in [0.25, 0.3) is 0 Å². The molecule has 80 valence electrons. The highest BCUT2D eigenvalue weighted by molar-refractivity contribution is 7.99. The Labute approximate surface area is 89.1 Å². The van der Waals surface area contributed by atoms with E-state index in [0.29, 0.717) is 19.5 Å². The van der Waals surface area contributed by atoms with E-state index in [4.69, 9.17) is 10.8 Å². The van der Waals surface area contributed by atoms with Gasteiger partial charge in [-0.25, -0.2) is 0 Å². The second-order valence-electron chi connectivity index (χ2n) is 2.22.